The highest BCUT2D eigenvalue weighted by molar-refractivity contribution is 9.10. The van der Waals surface area contributed by atoms with Crippen LogP contribution in [-0.4, -0.2) is 16.4 Å². The van der Waals surface area contributed by atoms with Crippen LogP contribution in [0.3, 0.4) is 0 Å². The number of halogens is 1. The standard InChI is InChI=1S/C11H13BrN2O4/c1-11(2,3)18-13-10(15)7-4-5-8(12)9(6-7)14(16)17/h4-6H,1-3H3,(H,13,15). The topological polar surface area (TPSA) is 81.5 Å². The number of nitro benzene ring substituents is 1. The first-order valence-electron chi connectivity index (χ1n) is 5.13. The molecule has 1 N–H and O–H groups in total. The zero-order chi connectivity index (χ0) is 13.9. The van der Waals surface area contributed by atoms with Gasteiger partial charge in [0.1, 0.15) is 0 Å². The summed E-state index contributed by atoms with van der Waals surface area (Å²) in [6.07, 6.45) is 0. The third-order valence-corrected chi connectivity index (χ3v) is 2.53. The van der Waals surface area contributed by atoms with E-state index in [4.69, 9.17) is 4.84 Å². The molecule has 0 radical (unpaired) electrons. The van der Waals surface area contributed by atoms with Crippen LogP contribution in [0.1, 0.15) is 31.1 Å². The summed E-state index contributed by atoms with van der Waals surface area (Å²) >= 11 is 3.05. The number of nitro groups is 1. The second kappa shape index (κ2) is 5.45. The molecule has 6 nitrogen and oxygen atoms in total. The number of hydrogen-bond donors (Lipinski definition) is 1. The van der Waals surface area contributed by atoms with E-state index in [9.17, 15) is 14.9 Å². The first kappa shape index (κ1) is 14.6. The average Bonchev–Trinajstić information content (AvgIpc) is 2.25. The van der Waals surface area contributed by atoms with Crippen LogP contribution in [0.15, 0.2) is 22.7 Å². The van der Waals surface area contributed by atoms with Gasteiger partial charge >= 0.3 is 0 Å². The van der Waals surface area contributed by atoms with Crippen molar-refractivity contribution in [2.75, 3.05) is 0 Å². The van der Waals surface area contributed by atoms with E-state index < -0.39 is 16.4 Å². The van der Waals surface area contributed by atoms with Crippen LogP contribution in [0.4, 0.5) is 5.69 Å². The molecule has 0 aromatic heterocycles. The lowest BCUT2D eigenvalue weighted by atomic mass is 10.2. The minimum Gasteiger partial charge on any atom is -0.268 e. The van der Waals surface area contributed by atoms with Crippen molar-refractivity contribution < 1.29 is 14.6 Å². The molecule has 18 heavy (non-hydrogen) atoms. The van der Waals surface area contributed by atoms with Crippen molar-refractivity contribution in [1.29, 1.82) is 0 Å². The van der Waals surface area contributed by atoms with Gasteiger partial charge < -0.3 is 0 Å². The summed E-state index contributed by atoms with van der Waals surface area (Å²) in [5.41, 5.74) is 1.71. The summed E-state index contributed by atoms with van der Waals surface area (Å²) < 4.78 is 0.320. The molecule has 0 aliphatic carbocycles. The van der Waals surface area contributed by atoms with Crippen LogP contribution in [0.25, 0.3) is 0 Å². The Morgan fingerprint density at radius 2 is 2.06 bits per heavy atom. The van der Waals surface area contributed by atoms with E-state index in [1.54, 1.807) is 20.8 Å². The predicted molar refractivity (Wildman–Crippen MR) is 69.1 cm³/mol. The predicted octanol–water partition coefficient (Wildman–Crippen LogP) is 2.82. The van der Waals surface area contributed by atoms with Crippen LogP contribution in [-0.2, 0) is 4.84 Å². The number of nitrogens with one attached hydrogen (secondary N) is 1. The molecule has 0 unspecified atom stereocenters. The van der Waals surface area contributed by atoms with Gasteiger partial charge in [0.05, 0.1) is 15.0 Å². The molecule has 0 atom stereocenters. The number of amides is 1. The van der Waals surface area contributed by atoms with Gasteiger partial charge in [-0.2, -0.15) is 0 Å². The Bertz CT molecular complexity index is 482. The van der Waals surface area contributed by atoms with Gasteiger partial charge in [-0.15, -0.1) is 0 Å². The monoisotopic (exact) mass is 316 g/mol. The fourth-order valence-electron chi connectivity index (χ4n) is 1.05. The summed E-state index contributed by atoms with van der Waals surface area (Å²) in [5.74, 6) is -0.527. The van der Waals surface area contributed by atoms with E-state index in [0.717, 1.165) is 0 Å². The molecule has 0 aliphatic rings. The molecule has 1 aromatic carbocycles. The quantitative estimate of drug-likeness (QED) is 0.686. The molecule has 7 heteroatoms. The lowest BCUT2D eigenvalue weighted by Crippen LogP contribution is -2.33. The second-order valence-electron chi connectivity index (χ2n) is 4.57. The Morgan fingerprint density at radius 1 is 1.44 bits per heavy atom. The van der Waals surface area contributed by atoms with Gasteiger partial charge in [0.25, 0.3) is 11.6 Å². The maximum atomic E-state index is 11.7. The molecule has 0 heterocycles. The largest absolute Gasteiger partial charge is 0.284 e. The smallest absolute Gasteiger partial charge is 0.268 e. The molecule has 1 rings (SSSR count). The van der Waals surface area contributed by atoms with E-state index in [1.807, 2.05) is 0 Å². The van der Waals surface area contributed by atoms with Crippen molar-refractivity contribution in [3.05, 3.63) is 38.3 Å². The zero-order valence-corrected chi connectivity index (χ0v) is 11.8. The van der Waals surface area contributed by atoms with Gasteiger partial charge in [0.15, 0.2) is 0 Å². The number of hydrogen-bond acceptors (Lipinski definition) is 4. The molecular formula is C11H13BrN2O4. The summed E-state index contributed by atoms with van der Waals surface area (Å²) in [7, 11) is 0. The SMILES string of the molecule is CC(C)(C)ONC(=O)c1ccc(Br)c([N+](=O)[O-])c1. The number of hydroxylamine groups is 1. The lowest BCUT2D eigenvalue weighted by Gasteiger charge is -2.18. The molecule has 0 fully saturated rings. The third kappa shape index (κ3) is 4.08. The third-order valence-electron chi connectivity index (χ3n) is 1.85. The van der Waals surface area contributed by atoms with Crippen LogP contribution in [0, 0.1) is 10.1 Å². The van der Waals surface area contributed by atoms with E-state index in [1.165, 1.54) is 18.2 Å². The molecule has 0 bridgehead atoms. The van der Waals surface area contributed by atoms with Crippen LogP contribution < -0.4 is 5.48 Å². The second-order valence-corrected chi connectivity index (χ2v) is 5.42. The summed E-state index contributed by atoms with van der Waals surface area (Å²) in [4.78, 5) is 27.0. The minimum atomic E-state index is -0.564. The van der Waals surface area contributed by atoms with Gasteiger partial charge in [0, 0.05) is 11.6 Å². The van der Waals surface area contributed by atoms with Crippen molar-refractivity contribution in [2.24, 2.45) is 0 Å². The molecular weight excluding hydrogens is 304 g/mol. The molecule has 1 amide bonds. The van der Waals surface area contributed by atoms with E-state index in [-0.39, 0.29) is 11.3 Å². The van der Waals surface area contributed by atoms with Crippen molar-refractivity contribution >= 4 is 27.5 Å². The van der Waals surface area contributed by atoms with Crippen molar-refractivity contribution in [2.45, 2.75) is 26.4 Å². The fourth-order valence-corrected chi connectivity index (χ4v) is 1.44. The Hall–Kier alpha value is -1.47. The lowest BCUT2D eigenvalue weighted by molar-refractivity contribution is -0.385. The fraction of sp³-hybridized carbons (Fsp3) is 0.364. The number of carbonyl (C=O) groups is 1. The number of nitrogens with zero attached hydrogens (tertiary/aromatic N) is 1. The van der Waals surface area contributed by atoms with Crippen LogP contribution in [0.5, 0.6) is 0 Å². The molecule has 0 saturated carbocycles. The van der Waals surface area contributed by atoms with Gasteiger partial charge in [-0.3, -0.25) is 19.7 Å². The maximum Gasteiger partial charge on any atom is 0.284 e. The first-order valence-corrected chi connectivity index (χ1v) is 5.92. The zero-order valence-electron chi connectivity index (χ0n) is 10.2. The Kier molecular flexibility index (Phi) is 4.42. The first-order chi connectivity index (χ1) is 8.20. The normalized spacial score (nSPS) is 11.1. The van der Waals surface area contributed by atoms with Gasteiger partial charge in [-0.25, -0.2) is 5.48 Å². The highest BCUT2D eigenvalue weighted by atomic mass is 79.9. The Balaban J connectivity index is 2.87. The van der Waals surface area contributed by atoms with Crippen molar-refractivity contribution in [1.82, 2.24) is 5.48 Å². The highest BCUT2D eigenvalue weighted by Gasteiger charge is 2.18. The molecule has 0 spiro atoms. The highest BCUT2D eigenvalue weighted by Crippen LogP contribution is 2.25. The van der Waals surface area contributed by atoms with E-state index in [2.05, 4.69) is 21.4 Å². The maximum absolute atomic E-state index is 11.7. The minimum absolute atomic E-state index is 0.161. The summed E-state index contributed by atoms with van der Waals surface area (Å²) in [6.45, 7) is 5.33. The molecule has 0 saturated heterocycles. The van der Waals surface area contributed by atoms with E-state index >= 15 is 0 Å². The van der Waals surface area contributed by atoms with Gasteiger partial charge in [0.2, 0.25) is 0 Å². The van der Waals surface area contributed by atoms with Crippen molar-refractivity contribution in [3.63, 3.8) is 0 Å². The summed E-state index contributed by atoms with van der Waals surface area (Å²) in [5, 5.41) is 10.7. The van der Waals surface area contributed by atoms with Crippen LogP contribution >= 0.6 is 15.9 Å². The summed E-state index contributed by atoms with van der Waals surface area (Å²) in [6, 6.07) is 4.11. The molecule has 0 aliphatic heterocycles. The molecule has 1 aromatic rings. The van der Waals surface area contributed by atoms with Crippen molar-refractivity contribution in [3.8, 4) is 0 Å². The number of carbonyl (C=O) groups excluding carboxylic acids is 1. The van der Waals surface area contributed by atoms with Gasteiger partial charge in [-0.1, -0.05) is 0 Å². The molecule has 98 valence electrons. The van der Waals surface area contributed by atoms with Gasteiger partial charge in [-0.05, 0) is 48.8 Å². The number of benzene rings is 1. The van der Waals surface area contributed by atoms with E-state index in [0.29, 0.717) is 4.47 Å². The Morgan fingerprint density at radius 3 is 2.56 bits per heavy atom. The Labute approximate surface area is 113 Å². The average molecular weight is 317 g/mol. The number of rotatable bonds is 3. The van der Waals surface area contributed by atoms with Crippen LogP contribution in [0.2, 0.25) is 0 Å².